The van der Waals surface area contributed by atoms with Gasteiger partial charge in [-0.3, -0.25) is 0 Å². The molecule has 1 N–H and O–H groups in total. The second-order valence-electron chi connectivity index (χ2n) is 4.05. The first-order valence-electron chi connectivity index (χ1n) is 5.17. The third-order valence-electron chi connectivity index (χ3n) is 3.18. The van der Waals surface area contributed by atoms with Crippen molar-refractivity contribution in [2.24, 2.45) is 11.8 Å². The Morgan fingerprint density at radius 2 is 2.29 bits per heavy atom. The largest absolute Gasteiger partial charge is 0.319 e. The van der Waals surface area contributed by atoms with Gasteiger partial charge in [0.15, 0.2) is 0 Å². The van der Waals surface area contributed by atoms with Crippen molar-refractivity contribution in [2.75, 3.05) is 13.6 Å². The minimum atomic E-state index is 0.911. The van der Waals surface area contributed by atoms with Crippen molar-refractivity contribution >= 4 is 27.3 Å². The second-order valence-corrected chi connectivity index (χ2v) is 5.91. The van der Waals surface area contributed by atoms with E-state index in [-0.39, 0.29) is 0 Å². The smallest absolute Gasteiger partial charge is 0.0314 e. The monoisotopic (exact) mass is 273 g/mol. The molecule has 1 heterocycles. The van der Waals surface area contributed by atoms with Gasteiger partial charge in [0.25, 0.3) is 0 Å². The topological polar surface area (TPSA) is 12.0 Å². The fraction of sp³-hybridized carbons (Fsp3) is 0.636. The second kappa shape index (κ2) is 4.77. The summed E-state index contributed by atoms with van der Waals surface area (Å²) in [7, 11) is 2.05. The molecule has 0 aliphatic heterocycles. The molecule has 1 aliphatic carbocycles. The van der Waals surface area contributed by atoms with Gasteiger partial charge in [0.05, 0.1) is 0 Å². The number of hydrogen-bond acceptors (Lipinski definition) is 2. The fourth-order valence-electron chi connectivity index (χ4n) is 2.15. The molecule has 0 saturated heterocycles. The van der Waals surface area contributed by atoms with Crippen LogP contribution in [0.3, 0.4) is 0 Å². The first kappa shape index (κ1) is 10.7. The molecule has 0 bridgehead atoms. The molecule has 1 fully saturated rings. The van der Waals surface area contributed by atoms with Crippen LogP contribution in [-0.2, 0) is 6.42 Å². The highest BCUT2D eigenvalue weighted by atomic mass is 79.9. The molecule has 2 rings (SSSR count). The van der Waals surface area contributed by atoms with E-state index in [1.165, 1.54) is 35.2 Å². The maximum Gasteiger partial charge on any atom is 0.0314 e. The lowest BCUT2D eigenvalue weighted by Gasteiger charge is -2.36. The van der Waals surface area contributed by atoms with E-state index in [1.54, 1.807) is 0 Å². The highest BCUT2D eigenvalue weighted by molar-refractivity contribution is 9.10. The Balaban J connectivity index is 1.89. The Morgan fingerprint density at radius 1 is 1.50 bits per heavy atom. The lowest BCUT2D eigenvalue weighted by Crippen LogP contribution is -2.34. The summed E-state index contributed by atoms with van der Waals surface area (Å²) in [5, 5.41) is 5.46. The van der Waals surface area contributed by atoms with Crippen molar-refractivity contribution in [3.05, 3.63) is 20.8 Å². The SMILES string of the molecule is CNCC1CCC1Cc1sccc1Br. The molecule has 1 aromatic heterocycles. The van der Waals surface area contributed by atoms with Gasteiger partial charge in [0.1, 0.15) is 0 Å². The van der Waals surface area contributed by atoms with Crippen LogP contribution < -0.4 is 5.32 Å². The fourth-order valence-corrected chi connectivity index (χ4v) is 3.76. The van der Waals surface area contributed by atoms with E-state index in [0.29, 0.717) is 0 Å². The van der Waals surface area contributed by atoms with Gasteiger partial charge >= 0.3 is 0 Å². The van der Waals surface area contributed by atoms with Crippen molar-refractivity contribution in [1.82, 2.24) is 5.32 Å². The summed E-state index contributed by atoms with van der Waals surface area (Å²) >= 11 is 5.48. The van der Waals surface area contributed by atoms with E-state index in [9.17, 15) is 0 Å². The summed E-state index contributed by atoms with van der Waals surface area (Å²) in [5.41, 5.74) is 0. The standard InChI is InChI=1S/C11H16BrNS/c1-13-7-9-3-2-8(9)6-11-10(12)4-5-14-11/h4-5,8-9,13H,2-3,6-7H2,1H3. The Labute approximate surface area is 98.0 Å². The van der Waals surface area contributed by atoms with Crippen molar-refractivity contribution in [3.8, 4) is 0 Å². The van der Waals surface area contributed by atoms with Crippen LogP contribution in [0.25, 0.3) is 0 Å². The molecule has 1 saturated carbocycles. The van der Waals surface area contributed by atoms with E-state index in [0.717, 1.165) is 11.8 Å². The number of rotatable bonds is 4. The summed E-state index contributed by atoms with van der Waals surface area (Å²) in [6.07, 6.45) is 4.09. The maximum atomic E-state index is 3.60. The minimum absolute atomic E-state index is 0.911. The van der Waals surface area contributed by atoms with Gasteiger partial charge in [0.2, 0.25) is 0 Å². The molecule has 0 radical (unpaired) electrons. The van der Waals surface area contributed by atoms with Gasteiger partial charge in [0, 0.05) is 9.35 Å². The van der Waals surface area contributed by atoms with E-state index in [2.05, 4.69) is 39.7 Å². The molecular formula is C11H16BrNS. The third-order valence-corrected chi connectivity index (χ3v) is 5.13. The highest BCUT2D eigenvalue weighted by Gasteiger charge is 2.30. The molecule has 3 heteroatoms. The Morgan fingerprint density at radius 3 is 2.79 bits per heavy atom. The molecule has 14 heavy (non-hydrogen) atoms. The van der Waals surface area contributed by atoms with Crippen LogP contribution in [-0.4, -0.2) is 13.6 Å². The zero-order chi connectivity index (χ0) is 9.97. The molecule has 2 atom stereocenters. The van der Waals surface area contributed by atoms with Crippen LogP contribution in [0, 0.1) is 11.8 Å². The van der Waals surface area contributed by atoms with Crippen molar-refractivity contribution in [2.45, 2.75) is 19.3 Å². The Kier molecular flexibility index (Phi) is 3.63. The summed E-state index contributed by atoms with van der Waals surface area (Å²) in [6, 6.07) is 2.16. The molecule has 78 valence electrons. The summed E-state index contributed by atoms with van der Waals surface area (Å²) in [4.78, 5) is 1.52. The summed E-state index contributed by atoms with van der Waals surface area (Å²) < 4.78 is 1.30. The predicted molar refractivity (Wildman–Crippen MR) is 65.9 cm³/mol. The number of hydrogen-bond donors (Lipinski definition) is 1. The zero-order valence-electron chi connectivity index (χ0n) is 8.42. The van der Waals surface area contributed by atoms with Gasteiger partial charge in [-0.15, -0.1) is 11.3 Å². The molecule has 0 spiro atoms. The Bertz CT molecular complexity index is 297. The van der Waals surface area contributed by atoms with E-state index >= 15 is 0 Å². The minimum Gasteiger partial charge on any atom is -0.319 e. The molecular weight excluding hydrogens is 258 g/mol. The lowest BCUT2D eigenvalue weighted by atomic mass is 9.71. The molecule has 1 aromatic rings. The highest BCUT2D eigenvalue weighted by Crippen LogP contribution is 2.38. The predicted octanol–water partition coefficient (Wildman–Crippen LogP) is 3.30. The normalized spacial score (nSPS) is 26.1. The number of halogens is 1. The molecule has 0 amide bonds. The first-order valence-corrected chi connectivity index (χ1v) is 6.85. The van der Waals surface area contributed by atoms with Gasteiger partial charge in [-0.05, 0) is 72.1 Å². The van der Waals surface area contributed by atoms with E-state index in [4.69, 9.17) is 0 Å². The van der Waals surface area contributed by atoms with Crippen molar-refractivity contribution in [3.63, 3.8) is 0 Å². The van der Waals surface area contributed by atoms with Crippen LogP contribution in [0.15, 0.2) is 15.9 Å². The molecule has 2 unspecified atom stereocenters. The lowest BCUT2D eigenvalue weighted by molar-refractivity contribution is 0.175. The van der Waals surface area contributed by atoms with Crippen molar-refractivity contribution in [1.29, 1.82) is 0 Å². The van der Waals surface area contributed by atoms with Crippen LogP contribution >= 0.6 is 27.3 Å². The average Bonchev–Trinajstić information content (AvgIpc) is 2.55. The van der Waals surface area contributed by atoms with Crippen LogP contribution in [0.2, 0.25) is 0 Å². The number of nitrogens with one attached hydrogen (secondary N) is 1. The van der Waals surface area contributed by atoms with E-state index < -0.39 is 0 Å². The van der Waals surface area contributed by atoms with Gasteiger partial charge in [-0.1, -0.05) is 0 Å². The summed E-state index contributed by atoms with van der Waals surface area (Å²) in [5.74, 6) is 1.83. The van der Waals surface area contributed by atoms with Crippen LogP contribution in [0.5, 0.6) is 0 Å². The third kappa shape index (κ3) is 2.20. The molecule has 1 aliphatic rings. The maximum absolute atomic E-state index is 3.60. The van der Waals surface area contributed by atoms with Gasteiger partial charge in [-0.25, -0.2) is 0 Å². The van der Waals surface area contributed by atoms with Gasteiger partial charge in [-0.2, -0.15) is 0 Å². The van der Waals surface area contributed by atoms with Crippen molar-refractivity contribution < 1.29 is 0 Å². The van der Waals surface area contributed by atoms with Crippen LogP contribution in [0.4, 0.5) is 0 Å². The first-order chi connectivity index (χ1) is 6.81. The zero-order valence-corrected chi connectivity index (χ0v) is 10.8. The average molecular weight is 274 g/mol. The summed E-state index contributed by atoms with van der Waals surface area (Å²) in [6.45, 7) is 1.19. The Hall–Kier alpha value is 0.140. The van der Waals surface area contributed by atoms with Crippen LogP contribution in [0.1, 0.15) is 17.7 Å². The number of thiophene rings is 1. The quantitative estimate of drug-likeness (QED) is 0.888. The molecule has 1 nitrogen and oxygen atoms in total. The van der Waals surface area contributed by atoms with E-state index in [1.807, 2.05) is 11.3 Å². The van der Waals surface area contributed by atoms with Gasteiger partial charge < -0.3 is 5.32 Å². The molecule has 0 aromatic carbocycles.